The molecule has 0 spiro atoms. The third-order valence-corrected chi connectivity index (χ3v) is 4.86. The van der Waals surface area contributed by atoms with Crippen molar-refractivity contribution in [3.05, 3.63) is 71.0 Å². The zero-order valence-electron chi connectivity index (χ0n) is 17.0. The maximum Gasteiger partial charge on any atom is 0.191 e. The van der Waals surface area contributed by atoms with Gasteiger partial charge < -0.3 is 15.7 Å². The van der Waals surface area contributed by atoms with Gasteiger partial charge in [0.15, 0.2) is 5.96 Å². The van der Waals surface area contributed by atoms with E-state index < -0.39 is 5.82 Å². The minimum atomic E-state index is -0.390. The summed E-state index contributed by atoms with van der Waals surface area (Å²) in [6.45, 7) is 7.16. The monoisotopic (exact) mass is 386 g/mol. The summed E-state index contributed by atoms with van der Waals surface area (Å²) < 4.78 is 13.5. The van der Waals surface area contributed by atoms with E-state index in [2.05, 4.69) is 58.6 Å². The van der Waals surface area contributed by atoms with Gasteiger partial charge in [-0.2, -0.15) is 0 Å². The Morgan fingerprint density at radius 2 is 1.82 bits per heavy atom. The number of halogens is 1. The van der Waals surface area contributed by atoms with Gasteiger partial charge in [-0.15, -0.1) is 0 Å². The molecule has 0 amide bonds. The molecule has 28 heavy (non-hydrogen) atoms. The first-order valence-electron chi connectivity index (χ1n) is 9.74. The summed E-state index contributed by atoms with van der Waals surface area (Å²) in [5.41, 5.74) is 2.45. The molecule has 0 aromatic heterocycles. The van der Waals surface area contributed by atoms with Crippen LogP contribution in [-0.2, 0) is 13.2 Å². The average Bonchev–Trinajstić information content (AvgIpc) is 2.74. The van der Waals surface area contributed by atoms with E-state index in [-0.39, 0.29) is 12.6 Å². The SMILES string of the molecule is CCN(CC)C(CNC(=NC)NCc1ccc(F)c(CO)c1)c1ccccc1. The van der Waals surface area contributed by atoms with Gasteiger partial charge in [0.2, 0.25) is 0 Å². The smallest absolute Gasteiger partial charge is 0.191 e. The van der Waals surface area contributed by atoms with Crippen LogP contribution in [0.2, 0.25) is 0 Å². The molecule has 0 aliphatic heterocycles. The van der Waals surface area contributed by atoms with Crippen LogP contribution < -0.4 is 10.6 Å². The first-order valence-corrected chi connectivity index (χ1v) is 9.74. The maximum absolute atomic E-state index is 13.5. The molecule has 2 aromatic rings. The highest BCUT2D eigenvalue weighted by Crippen LogP contribution is 2.19. The molecule has 2 aromatic carbocycles. The van der Waals surface area contributed by atoms with E-state index in [9.17, 15) is 9.50 Å². The predicted molar refractivity (Wildman–Crippen MR) is 113 cm³/mol. The van der Waals surface area contributed by atoms with Crippen LogP contribution in [0, 0.1) is 5.82 Å². The first-order chi connectivity index (χ1) is 13.6. The highest BCUT2D eigenvalue weighted by molar-refractivity contribution is 5.79. The van der Waals surface area contributed by atoms with Gasteiger partial charge in [0.05, 0.1) is 12.6 Å². The summed E-state index contributed by atoms with van der Waals surface area (Å²) in [5, 5.41) is 15.9. The van der Waals surface area contributed by atoms with Crippen molar-refractivity contribution < 1.29 is 9.50 Å². The van der Waals surface area contributed by atoms with E-state index in [1.165, 1.54) is 11.6 Å². The quantitative estimate of drug-likeness (QED) is 0.458. The Hall–Kier alpha value is -2.44. The summed E-state index contributed by atoms with van der Waals surface area (Å²) in [6, 6.07) is 15.4. The Morgan fingerprint density at radius 1 is 1.11 bits per heavy atom. The molecule has 0 bridgehead atoms. The van der Waals surface area contributed by atoms with Gasteiger partial charge in [-0.05, 0) is 36.3 Å². The van der Waals surface area contributed by atoms with Crippen molar-refractivity contribution in [1.82, 2.24) is 15.5 Å². The second-order valence-corrected chi connectivity index (χ2v) is 6.54. The van der Waals surface area contributed by atoms with E-state index in [0.29, 0.717) is 18.1 Å². The van der Waals surface area contributed by atoms with Crippen LogP contribution in [0.3, 0.4) is 0 Å². The third kappa shape index (κ3) is 6.04. The molecule has 1 atom stereocenters. The molecule has 0 radical (unpaired) electrons. The fourth-order valence-electron chi connectivity index (χ4n) is 3.26. The lowest BCUT2D eigenvalue weighted by molar-refractivity contribution is 0.219. The highest BCUT2D eigenvalue weighted by Gasteiger charge is 2.18. The van der Waals surface area contributed by atoms with Crippen molar-refractivity contribution in [3.8, 4) is 0 Å². The van der Waals surface area contributed by atoms with Crippen molar-refractivity contribution in [1.29, 1.82) is 0 Å². The number of hydrogen-bond donors (Lipinski definition) is 3. The number of rotatable bonds is 9. The Kier molecular flexibility index (Phi) is 8.91. The minimum absolute atomic E-state index is 0.238. The van der Waals surface area contributed by atoms with Crippen LogP contribution in [-0.4, -0.2) is 42.6 Å². The van der Waals surface area contributed by atoms with Gasteiger partial charge >= 0.3 is 0 Å². The molecule has 0 heterocycles. The Balaban J connectivity index is 2.00. The van der Waals surface area contributed by atoms with Gasteiger partial charge in [-0.3, -0.25) is 9.89 Å². The maximum atomic E-state index is 13.5. The molecule has 0 aliphatic rings. The number of benzene rings is 2. The zero-order valence-corrected chi connectivity index (χ0v) is 17.0. The summed E-state index contributed by atoms with van der Waals surface area (Å²) in [4.78, 5) is 6.70. The van der Waals surface area contributed by atoms with Crippen LogP contribution in [0.4, 0.5) is 4.39 Å². The van der Waals surface area contributed by atoms with E-state index in [0.717, 1.165) is 25.2 Å². The van der Waals surface area contributed by atoms with Crippen LogP contribution in [0.1, 0.15) is 36.6 Å². The largest absolute Gasteiger partial charge is 0.392 e. The zero-order chi connectivity index (χ0) is 20.4. The normalized spacial score (nSPS) is 12.9. The second-order valence-electron chi connectivity index (χ2n) is 6.54. The van der Waals surface area contributed by atoms with Gasteiger partial charge in [-0.25, -0.2) is 4.39 Å². The number of nitrogens with one attached hydrogen (secondary N) is 2. The van der Waals surface area contributed by atoms with E-state index in [1.54, 1.807) is 19.2 Å². The van der Waals surface area contributed by atoms with Crippen LogP contribution >= 0.6 is 0 Å². The molecule has 2 rings (SSSR count). The van der Waals surface area contributed by atoms with Crippen LogP contribution in [0.15, 0.2) is 53.5 Å². The summed E-state index contributed by atoms with van der Waals surface area (Å²) >= 11 is 0. The topological polar surface area (TPSA) is 59.9 Å². The predicted octanol–water partition coefficient (Wildman–Crippen LogP) is 3.07. The van der Waals surface area contributed by atoms with Gasteiger partial charge in [-0.1, -0.05) is 50.2 Å². The third-order valence-electron chi connectivity index (χ3n) is 4.86. The summed E-state index contributed by atoms with van der Waals surface area (Å²) in [7, 11) is 1.73. The minimum Gasteiger partial charge on any atom is -0.392 e. The fourth-order valence-corrected chi connectivity index (χ4v) is 3.26. The number of aliphatic hydroxyl groups is 1. The van der Waals surface area contributed by atoms with Crippen molar-refractivity contribution >= 4 is 5.96 Å². The van der Waals surface area contributed by atoms with Crippen molar-refractivity contribution in [3.63, 3.8) is 0 Å². The standard InChI is InChI=1S/C22H31FN4O/c1-4-27(5-2)21(18-9-7-6-8-10-18)15-26-22(24-3)25-14-17-11-12-20(23)19(13-17)16-28/h6-13,21,28H,4-5,14-16H2,1-3H3,(H2,24,25,26). The number of guanidine groups is 1. The molecular formula is C22H31FN4O. The molecule has 152 valence electrons. The lowest BCUT2D eigenvalue weighted by Gasteiger charge is -2.30. The molecule has 3 N–H and O–H groups in total. The Morgan fingerprint density at radius 3 is 2.43 bits per heavy atom. The Labute approximate surface area is 167 Å². The fraction of sp³-hybridized carbons (Fsp3) is 0.409. The molecule has 0 saturated carbocycles. The number of nitrogens with zero attached hydrogens (tertiary/aromatic N) is 2. The van der Waals surface area contributed by atoms with Gasteiger partial charge in [0.25, 0.3) is 0 Å². The number of aliphatic hydroxyl groups excluding tert-OH is 1. The first kappa shape index (κ1) is 21.9. The van der Waals surface area contributed by atoms with E-state index in [1.807, 2.05) is 6.07 Å². The summed E-state index contributed by atoms with van der Waals surface area (Å²) in [5.74, 6) is 0.293. The molecule has 6 heteroatoms. The molecule has 0 fully saturated rings. The highest BCUT2D eigenvalue weighted by atomic mass is 19.1. The van der Waals surface area contributed by atoms with E-state index >= 15 is 0 Å². The summed E-state index contributed by atoms with van der Waals surface area (Å²) in [6.07, 6.45) is 0. The second kappa shape index (κ2) is 11.4. The lowest BCUT2D eigenvalue weighted by Crippen LogP contribution is -2.43. The molecule has 1 unspecified atom stereocenters. The average molecular weight is 387 g/mol. The number of likely N-dealkylation sites (N-methyl/N-ethyl adjacent to an activating group) is 1. The van der Waals surface area contributed by atoms with Crippen LogP contribution in [0.5, 0.6) is 0 Å². The molecule has 0 aliphatic carbocycles. The lowest BCUT2D eigenvalue weighted by atomic mass is 10.1. The van der Waals surface area contributed by atoms with Gasteiger partial charge in [0, 0.05) is 25.7 Å². The van der Waals surface area contributed by atoms with Gasteiger partial charge in [0.1, 0.15) is 5.82 Å². The van der Waals surface area contributed by atoms with Crippen molar-refractivity contribution in [2.75, 3.05) is 26.7 Å². The van der Waals surface area contributed by atoms with E-state index in [4.69, 9.17) is 0 Å². The van der Waals surface area contributed by atoms with Crippen LogP contribution in [0.25, 0.3) is 0 Å². The molecule has 0 saturated heterocycles. The Bertz CT molecular complexity index is 747. The number of hydrogen-bond acceptors (Lipinski definition) is 3. The van der Waals surface area contributed by atoms with Crippen molar-refractivity contribution in [2.45, 2.75) is 33.0 Å². The molecular weight excluding hydrogens is 355 g/mol. The number of aliphatic imine (C=N–C) groups is 1. The van der Waals surface area contributed by atoms with Crippen molar-refractivity contribution in [2.24, 2.45) is 4.99 Å². The molecule has 5 nitrogen and oxygen atoms in total.